The van der Waals surface area contributed by atoms with Gasteiger partial charge in [-0.15, -0.1) is 10.2 Å². The number of nitrogens with two attached hydrogens (primary N) is 2. The molecule has 1 rings (SSSR count). The topological polar surface area (TPSA) is 112 Å². The Bertz CT molecular complexity index is 313. The van der Waals surface area contributed by atoms with Gasteiger partial charge in [-0.25, -0.2) is 10.5 Å². The third kappa shape index (κ3) is 2.36. The van der Waals surface area contributed by atoms with Crippen molar-refractivity contribution in [1.29, 1.82) is 0 Å². The number of hydrogen-bond acceptors (Lipinski definition) is 6. The maximum absolute atomic E-state index is 11.2. The molecule has 8 heteroatoms. The van der Waals surface area contributed by atoms with Gasteiger partial charge in [-0.2, -0.15) is 0 Å². The van der Waals surface area contributed by atoms with Crippen LogP contribution in [0.1, 0.15) is 13.3 Å². The Morgan fingerprint density at radius 3 is 3.00 bits per heavy atom. The van der Waals surface area contributed by atoms with Crippen molar-refractivity contribution in [2.75, 3.05) is 5.84 Å². The van der Waals surface area contributed by atoms with Crippen LogP contribution in [-0.4, -0.2) is 26.0 Å². The summed E-state index contributed by atoms with van der Waals surface area (Å²) in [5, 5.41) is 7.54. The van der Waals surface area contributed by atoms with E-state index in [1.165, 1.54) is 22.8 Å². The highest BCUT2D eigenvalue weighted by molar-refractivity contribution is 8.00. The van der Waals surface area contributed by atoms with Crippen LogP contribution in [0.15, 0.2) is 11.5 Å². The lowest BCUT2D eigenvalue weighted by molar-refractivity contribution is -0.120. The molecule has 5 N–H and O–H groups in total. The van der Waals surface area contributed by atoms with E-state index in [4.69, 9.17) is 11.7 Å². The molecule has 0 aromatic carbocycles. The molecule has 0 bridgehead atoms. The third-order valence-corrected chi connectivity index (χ3v) is 2.93. The first-order chi connectivity index (χ1) is 6.69. The molecule has 0 saturated carbocycles. The Hall–Kier alpha value is -1.28. The number of nitrogen functional groups attached to an aromatic ring is 1. The van der Waals surface area contributed by atoms with E-state index in [-0.39, 0.29) is 11.2 Å². The maximum atomic E-state index is 11.2. The van der Waals surface area contributed by atoms with E-state index in [0.717, 1.165) is 0 Å². The van der Waals surface area contributed by atoms with E-state index in [9.17, 15) is 4.79 Å². The Balaban J connectivity index is 2.66. The minimum atomic E-state index is -0.300. The van der Waals surface area contributed by atoms with Crippen LogP contribution < -0.4 is 17.1 Å². The number of carbonyl (C=O) groups excluding carboxylic acids is 1. The standard InChI is InChI=1S/C6H12N6OS/c1-2-4(5(13)10-7)14-6-11-9-3-12(6)8/h3-4H,2,7-8H2,1H3,(H,10,13). The molecule has 0 aliphatic rings. The smallest absolute Gasteiger partial charge is 0.247 e. The Labute approximate surface area is 85.2 Å². The second-order valence-corrected chi connectivity index (χ2v) is 3.71. The molecule has 0 aliphatic carbocycles. The molecule has 1 unspecified atom stereocenters. The number of nitrogens with one attached hydrogen (secondary N) is 1. The van der Waals surface area contributed by atoms with Crippen molar-refractivity contribution in [3.63, 3.8) is 0 Å². The molecule has 0 spiro atoms. The van der Waals surface area contributed by atoms with Crippen LogP contribution in [0.2, 0.25) is 0 Å². The van der Waals surface area contributed by atoms with Gasteiger partial charge in [-0.05, 0) is 6.42 Å². The van der Waals surface area contributed by atoms with E-state index >= 15 is 0 Å². The zero-order valence-electron chi connectivity index (χ0n) is 7.67. The molecule has 0 saturated heterocycles. The number of carbonyl (C=O) groups is 1. The van der Waals surface area contributed by atoms with Gasteiger partial charge in [0.15, 0.2) is 0 Å². The summed E-state index contributed by atoms with van der Waals surface area (Å²) >= 11 is 1.23. The van der Waals surface area contributed by atoms with Crippen LogP contribution in [0.25, 0.3) is 0 Å². The predicted molar refractivity (Wildman–Crippen MR) is 52.4 cm³/mol. The molecule has 0 radical (unpaired) electrons. The first kappa shape index (κ1) is 10.8. The molecule has 0 fully saturated rings. The van der Waals surface area contributed by atoms with E-state index in [1.807, 2.05) is 6.92 Å². The van der Waals surface area contributed by atoms with Crippen molar-refractivity contribution in [3.05, 3.63) is 6.33 Å². The molecule has 78 valence electrons. The van der Waals surface area contributed by atoms with Gasteiger partial charge >= 0.3 is 0 Å². The Kier molecular flexibility index (Phi) is 3.72. The summed E-state index contributed by atoms with van der Waals surface area (Å²) in [4.78, 5) is 11.2. The molecule has 14 heavy (non-hydrogen) atoms. The third-order valence-electron chi connectivity index (χ3n) is 1.59. The van der Waals surface area contributed by atoms with Gasteiger partial charge in [0, 0.05) is 0 Å². The van der Waals surface area contributed by atoms with Gasteiger partial charge in [0.1, 0.15) is 6.33 Å². The predicted octanol–water partition coefficient (Wildman–Crippen LogP) is -1.15. The summed E-state index contributed by atoms with van der Waals surface area (Å²) in [5.41, 5.74) is 2.09. The van der Waals surface area contributed by atoms with Gasteiger partial charge in [0.25, 0.3) is 0 Å². The number of hydrazine groups is 1. The number of amides is 1. The first-order valence-electron chi connectivity index (χ1n) is 4.01. The first-order valence-corrected chi connectivity index (χ1v) is 4.89. The average molecular weight is 216 g/mol. The zero-order valence-corrected chi connectivity index (χ0v) is 8.49. The molecule has 1 heterocycles. The quantitative estimate of drug-likeness (QED) is 0.254. The minimum absolute atomic E-state index is 0.250. The van der Waals surface area contributed by atoms with Crippen molar-refractivity contribution in [1.82, 2.24) is 20.3 Å². The van der Waals surface area contributed by atoms with E-state index in [0.29, 0.717) is 11.6 Å². The fourth-order valence-corrected chi connectivity index (χ4v) is 1.72. The fourth-order valence-electron chi connectivity index (χ4n) is 0.859. The van der Waals surface area contributed by atoms with Crippen molar-refractivity contribution in [2.45, 2.75) is 23.8 Å². The molecule has 1 amide bonds. The minimum Gasteiger partial charge on any atom is -0.336 e. The van der Waals surface area contributed by atoms with Gasteiger partial charge in [-0.1, -0.05) is 18.7 Å². The van der Waals surface area contributed by atoms with Crippen LogP contribution in [0.4, 0.5) is 0 Å². The summed E-state index contributed by atoms with van der Waals surface area (Å²) in [6, 6.07) is 0. The number of rotatable bonds is 4. The maximum Gasteiger partial charge on any atom is 0.247 e. The van der Waals surface area contributed by atoms with Crippen LogP contribution in [0.5, 0.6) is 0 Å². The summed E-state index contributed by atoms with van der Waals surface area (Å²) < 4.78 is 1.26. The SMILES string of the molecule is CCC(Sc1nncn1N)C(=O)NN. The van der Waals surface area contributed by atoms with E-state index in [1.54, 1.807) is 0 Å². The number of nitrogens with zero attached hydrogens (tertiary/aromatic N) is 3. The number of hydrogen-bond donors (Lipinski definition) is 3. The highest BCUT2D eigenvalue weighted by Crippen LogP contribution is 2.21. The average Bonchev–Trinajstić information content (AvgIpc) is 2.59. The Morgan fingerprint density at radius 1 is 1.86 bits per heavy atom. The lowest BCUT2D eigenvalue weighted by atomic mass is 10.3. The molecule has 7 nitrogen and oxygen atoms in total. The van der Waals surface area contributed by atoms with E-state index < -0.39 is 0 Å². The number of thioether (sulfide) groups is 1. The highest BCUT2D eigenvalue weighted by atomic mass is 32.2. The summed E-state index contributed by atoms with van der Waals surface area (Å²) in [5.74, 6) is 10.3. The van der Waals surface area contributed by atoms with Crippen LogP contribution >= 0.6 is 11.8 Å². The normalized spacial score (nSPS) is 12.4. The molecule has 1 aromatic rings. The van der Waals surface area contributed by atoms with Crippen molar-refractivity contribution in [3.8, 4) is 0 Å². The number of aromatic nitrogens is 3. The molecular formula is C6H12N6OS. The summed E-state index contributed by atoms with van der Waals surface area (Å²) in [6.45, 7) is 1.88. The largest absolute Gasteiger partial charge is 0.336 e. The van der Waals surface area contributed by atoms with Crippen LogP contribution in [0, 0.1) is 0 Å². The van der Waals surface area contributed by atoms with Gasteiger partial charge in [0.2, 0.25) is 11.1 Å². The summed E-state index contributed by atoms with van der Waals surface area (Å²) in [6.07, 6.45) is 2.01. The zero-order chi connectivity index (χ0) is 10.6. The van der Waals surface area contributed by atoms with Gasteiger partial charge in [-0.3, -0.25) is 10.2 Å². The van der Waals surface area contributed by atoms with Crippen molar-refractivity contribution < 1.29 is 4.79 Å². The van der Waals surface area contributed by atoms with Gasteiger partial charge < -0.3 is 5.84 Å². The van der Waals surface area contributed by atoms with E-state index in [2.05, 4.69) is 15.6 Å². The molecular weight excluding hydrogens is 204 g/mol. The lowest BCUT2D eigenvalue weighted by Gasteiger charge is -2.10. The van der Waals surface area contributed by atoms with Crippen LogP contribution in [0.3, 0.4) is 0 Å². The molecule has 1 aromatic heterocycles. The second-order valence-electron chi connectivity index (χ2n) is 2.54. The fraction of sp³-hybridized carbons (Fsp3) is 0.500. The summed E-state index contributed by atoms with van der Waals surface area (Å²) in [7, 11) is 0. The molecule has 1 atom stereocenters. The van der Waals surface area contributed by atoms with Gasteiger partial charge in [0.05, 0.1) is 5.25 Å². The van der Waals surface area contributed by atoms with Crippen LogP contribution in [-0.2, 0) is 4.79 Å². The lowest BCUT2D eigenvalue weighted by Crippen LogP contribution is -2.37. The van der Waals surface area contributed by atoms with Crippen molar-refractivity contribution in [2.24, 2.45) is 5.84 Å². The molecule has 0 aliphatic heterocycles. The second kappa shape index (κ2) is 4.82. The van der Waals surface area contributed by atoms with Crippen molar-refractivity contribution >= 4 is 17.7 Å². The highest BCUT2D eigenvalue weighted by Gasteiger charge is 2.19. The monoisotopic (exact) mass is 216 g/mol. The Morgan fingerprint density at radius 2 is 2.57 bits per heavy atom.